The van der Waals surface area contributed by atoms with Crippen molar-refractivity contribution in [3.05, 3.63) is 103 Å². The van der Waals surface area contributed by atoms with Gasteiger partial charge in [0.05, 0.1) is 11.4 Å². The zero-order chi connectivity index (χ0) is 27.5. The van der Waals surface area contributed by atoms with Crippen molar-refractivity contribution >= 4 is 28.7 Å². The number of rotatable bonds is 7. The maximum Gasteiger partial charge on any atom is 0.246 e. The van der Waals surface area contributed by atoms with Crippen LogP contribution in [0.1, 0.15) is 24.4 Å². The lowest BCUT2D eigenvalue weighted by molar-refractivity contribution is -0.127. The highest BCUT2D eigenvalue weighted by atomic mass is 32.2. The third-order valence-electron chi connectivity index (χ3n) is 7.02. The van der Waals surface area contributed by atoms with Gasteiger partial charge in [0.25, 0.3) is 0 Å². The summed E-state index contributed by atoms with van der Waals surface area (Å²) in [6, 6.07) is 26.1. The maximum atomic E-state index is 12.4. The van der Waals surface area contributed by atoms with Gasteiger partial charge in [-0.05, 0) is 74.4 Å². The number of benzene rings is 3. The molecule has 1 aliphatic heterocycles. The fourth-order valence-electron chi connectivity index (χ4n) is 4.99. The average Bonchev–Trinajstić information content (AvgIpc) is 3.40. The van der Waals surface area contributed by atoms with E-state index in [0.717, 1.165) is 63.1 Å². The molecule has 0 aliphatic carbocycles. The molecule has 6 rings (SSSR count). The van der Waals surface area contributed by atoms with Gasteiger partial charge in [-0.25, -0.2) is 14.6 Å². The van der Waals surface area contributed by atoms with Crippen molar-refractivity contribution in [2.45, 2.75) is 35.7 Å². The number of aromatic nitrogens is 4. The number of carbonyl (C=O) groups is 1. The van der Waals surface area contributed by atoms with E-state index in [1.807, 2.05) is 64.2 Å². The number of carbonyl (C=O) groups excluding carboxylic acids is 1. The van der Waals surface area contributed by atoms with Crippen LogP contribution in [0.15, 0.2) is 108 Å². The second-order valence-corrected chi connectivity index (χ2v) is 10.9. The Morgan fingerprint density at radius 1 is 1.00 bits per heavy atom. The van der Waals surface area contributed by atoms with Crippen LogP contribution in [0.4, 0.5) is 0 Å². The molecule has 0 saturated carbocycles. The first kappa shape index (κ1) is 25.8. The summed E-state index contributed by atoms with van der Waals surface area (Å²) in [7, 11) is 0. The lowest BCUT2D eigenvalue weighted by Crippen LogP contribution is -2.40. The predicted molar refractivity (Wildman–Crippen MR) is 158 cm³/mol. The molecule has 0 spiro atoms. The van der Waals surface area contributed by atoms with Gasteiger partial charge in [-0.1, -0.05) is 54.2 Å². The first-order valence-corrected chi connectivity index (χ1v) is 14.1. The topological polar surface area (TPSA) is 73.1 Å². The number of aryl methyl sites for hydroxylation is 1. The van der Waals surface area contributed by atoms with E-state index in [9.17, 15) is 4.79 Å². The van der Waals surface area contributed by atoms with E-state index in [-0.39, 0.29) is 11.9 Å². The highest BCUT2D eigenvalue weighted by Gasteiger charge is 2.28. The van der Waals surface area contributed by atoms with Crippen molar-refractivity contribution in [3.8, 4) is 22.8 Å². The van der Waals surface area contributed by atoms with Crippen molar-refractivity contribution in [1.82, 2.24) is 24.6 Å². The minimum atomic E-state index is -0.0550. The van der Waals surface area contributed by atoms with E-state index in [2.05, 4.69) is 37.8 Å². The first-order chi connectivity index (χ1) is 19.6. The Morgan fingerprint density at radius 2 is 1.75 bits per heavy atom. The molecule has 40 heavy (non-hydrogen) atoms. The summed E-state index contributed by atoms with van der Waals surface area (Å²) in [6.45, 7) is 7.04. The quantitative estimate of drug-likeness (QED) is 0.160. The molecular formula is C32H29N5O2S. The average molecular weight is 548 g/mol. The number of nitrogens with zero attached hydrogens (tertiary/aromatic N) is 5. The fraction of sp³-hybridized carbons (Fsp3) is 0.188. The Balaban J connectivity index is 1.42. The number of fused-ring (bicyclic) bond motifs is 1. The Morgan fingerprint density at radius 3 is 2.50 bits per heavy atom. The second kappa shape index (κ2) is 11.4. The van der Waals surface area contributed by atoms with Gasteiger partial charge in [-0.15, -0.1) is 0 Å². The monoisotopic (exact) mass is 547 g/mol. The molecule has 1 unspecified atom stereocenters. The molecule has 8 heteroatoms. The predicted octanol–water partition coefficient (Wildman–Crippen LogP) is 7.09. The summed E-state index contributed by atoms with van der Waals surface area (Å²) in [4.78, 5) is 24.8. The van der Waals surface area contributed by atoms with E-state index < -0.39 is 0 Å². The Kier molecular flexibility index (Phi) is 7.33. The molecule has 7 nitrogen and oxygen atoms in total. The van der Waals surface area contributed by atoms with Crippen LogP contribution >= 0.6 is 11.8 Å². The number of ether oxygens (including phenoxy) is 1. The van der Waals surface area contributed by atoms with Gasteiger partial charge in [0.2, 0.25) is 5.91 Å². The molecule has 200 valence electrons. The Hall–Kier alpha value is -4.43. The van der Waals surface area contributed by atoms with Crippen molar-refractivity contribution in [1.29, 1.82) is 0 Å². The zero-order valence-electron chi connectivity index (χ0n) is 22.2. The van der Waals surface area contributed by atoms with E-state index in [4.69, 9.17) is 19.8 Å². The maximum absolute atomic E-state index is 12.4. The van der Waals surface area contributed by atoms with Gasteiger partial charge in [0.15, 0.2) is 5.65 Å². The van der Waals surface area contributed by atoms with Crippen molar-refractivity contribution < 1.29 is 9.53 Å². The molecule has 1 atom stereocenters. The molecule has 1 aliphatic rings. The van der Waals surface area contributed by atoms with Gasteiger partial charge in [-0.2, -0.15) is 5.10 Å². The van der Waals surface area contributed by atoms with Crippen LogP contribution in [0.3, 0.4) is 0 Å². The minimum absolute atomic E-state index is 0.00159. The SMILES string of the molecule is C=CC(=O)N1CCCC(n2nc(-c3ccc(Oc4ccccc4)cc3)c3c(Sc4ccc(C)cc4)ncnc32)C1. The highest BCUT2D eigenvalue weighted by molar-refractivity contribution is 7.99. The molecule has 0 radical (unpaired) electrons. The summed E-state index contributed by atoms with van der Waals surface area (Å²) in [5, 5.41) is 6.87. The molecule has 3 heterocycles. The van der Waals surface area contributed by atoms with Gasteiger partial charge in [0.1, 0.15) is 28.5 Å². The van der Waals surface area contributed by atoms with E-state index in [1.54, 1.807) is 18.1 Å². The van der Waals surface area contributed by atoms with Gasteiger partial charge in [0, 0.05) is 23.5 Å². The third kappa shape index (κ3) is 5.35. The number of likely N-dealkylation sites (tertiary alicyclic amines) is 1. The van der Waals surface area contributed by atoms with Crippen molar-refractivity contribution in [3.63, 3.8) is 0 Å². The second-order valence-electron chi connectivity index (χ2n) is 9.81. The fourth-order valence-corrected chi connectivity index (χ4v) is 5.87. The van der Waals surface area contributed by atoms with Crippen LogP contribution in [-0.2, 0) is 4.79 Å². The number of amides is 1. The van der Waals surface area contributed by atoms with Crippen LogP contribution in [0.25, 0.3) is 22.3 Å². The minimum Gasteiger partial charge on any atom is -0.457 e. The number of hydrogen-bond acceptors (Lipinski definition) is 6. The largest absolute Gasteiger partial charge is 0.457 e. The molecule has 2 aromatic heterocycles. The molecule has 1 amide bonds. The van der Waals surface area contributed by atoms with Crippen LogP contribution < -0.4 is 4.74 Å². The highest BCUT2D eigenvalue weighted by Crippen LogP contribution is 2.39. The molecular weight excluding hydrogens is 518 g/mol. The molecule has 5 aromatic rings. The zero-order valence-corrected chi connectivity index (χ0v) is 23.1. The summed E-state index contributed by atoms with van der Waals surface area (Å²) >= 11 is 1.60. The number of piperidine rings is 1. The van der Waals surface area contributed by atoms with Crippen LogP contribution in [-0.4, -0.2) is 43.6 Å². The van der Waals surface area contributed by atoms with Crippen molar-refractivity contribution in [2.24, 2.45) is 0 Å². The normalized spacial score (nSPS) is 15.2. The van der Waals surface area contributed by atoms with Crippen LogP contribution in [0, 0.1) is 6.92 Å². The smallest absolute Gasteiger partial charge is 0.246 e. The van der Waals surface area contributed by atoms with E-state index >= 15 is 0 Å². The first-order valence-electron chi connectivity index (χ1n) is 13.3. The van der Waals surface area contributed by atoms with Crippen LogP contribution in [0.5, 0.6) is 11.5 Å². The van der Waals surface area contributed by atoms with E-state index in [1.165, 1.54) is 11.6 Å². The Labute approximate surface area is 237 Å². The molecule has 1 saturated heterocycles. The number of hydrogen-bond donors (Lipinski definition) is 0. The van der Waals surface area contributed by atoms with Crippen molar-refractivity contribution in [2.75, 3.05) is 13.1 Å². The summed E-state index contributed by atoms with van der Waals surface area (Å²) < 4.78 is 8.00. The Bertz CT molecular complexity index is 1650. The molecule has 0 N–H and O–H groups in total. The molecule has 3 aromatic carbocycles. The summed E-state index contributed by atoms with van der Waals surface area (Å²) in [5.41, 5.74) is 3.73. The number of para-hydroxylation sites is 1. The van der Waals surface area contributed by atoms with Crippen LogP contribution in [0.2, 0.25) is 0 Å². The molecule has 1 fully saturated rings. The standard InChI is InChI=1S/C32H29N5O2S/c1-3-28(38)36-19-7-8-24(20-36)37-31-29(32(34-21-33-31)40-27-17-11-22(2)12-18-27)30(35-37)23-13-15-26(16-14-23)39-25-9-5-4-6-10-25/h3-6,9-18,21,24H,1,7-8,19-20H2,2H3. The lowest BCUT2D eigenvalue weighted by atomic mass is 10.1. The van der Waals surface area contributed by atoms with Gasteiger partial charge >= 0.3 is 0 Å². The summed E-state index contributed by atoms with van der Waals surface area (Å²) in [5.74, 6) is 1.47. The van der Waals surface area contributed by atoms with Gasteiger partial charge < -0.3 is 9.64 Å². The van der Waals surface area contributed by atoms with E-state index in [0.29, 0.717) is 6.54 Å². The summed E-state index contributed by atoms with van der Waals surface area (Å²) in [6.07, 6.45) is 4.79. The van der Waals surface area contributed by atoms with Gasteiger partial charge in [-0.3, -0.25) is 4.79 Å². The lowest BCUT2D eigenvalue weighted by Gasteiger charge is -2.32. The third-order valence-corrected chi connectivity index (χ3v) is 8.04. The molecule has 0 bridgehead atoms.